The van der Waals surface area contributed by atoms with Crippen LogP contribution in [-0.2, 0) is 0 Å². The maximum absolute atomic E-state index is 13.8. The highest BCUT2D eigenvalue weighted by Gasteiger charge is 2.25. The van der Waals surface area contributed by atoms with Gasteiger partial charge in [0.2, 0.25) is 5.91 Å². The quantitative estimate of drug-likeness (QED) is 0.671. The van der Waals surface area contributed by atoms with Crippen molar-refractivity contribution < 1.29 is 9.18 Å². The van der Waals surface area contributed by atoms with E-state index in [0.717, 1.165) is 69.7 Å². The first kappa shape index (κ1) is 23.9. The fourth-order valence-electron chi connectivity index (χ4n) is 5.17. The number of nitrogens with zero attached hydrogens (tertiary/aromatic N) is 6. The van der Waals surface area contributed by atoms with Crippen LogP contribution >= 0.6 is 11.6 Å². The number of carbonyl (C=O) groups excluding carboxylic acids is 1. The summed E-state index contributed by atoms with van der Waals surface area (Å²) in [5.74, 6) is 2.12. The molecule has 0 bridgehead atoms. The summed E-state index contributed by atoms with van der Waals surface area (Å²) >= 11 is 6.41. The minimum absolute atomic E-state index is 0.306. The fourth-order valence-corrected chi connectivity index (χ4v) is 5.46. The fraction of sp³-hybridized carbons (Fsp3) is 0.560. The maximum Gasteiger partial charge on any atom is 0.250 e. The van der Waals surface area contributed by atoms with Gasteiger partial charge in [0.15, 0.2) is 0 Å². The molecule has 2 aromatic heterocycles. The lowest BCUT2D eigenvalue weighted by Gasteiger charge is -2.38. The lowest BCUT2D eigenvalue weighted by atomic mass is 10.1. The minimum atomic E-state index is -0.695. The predicted molar refractivity (Wildman–Crippen MR) is 139 cm³/mol. The van der Waals surface area contributed by atoms with Crippen molar-refractivity contribution in [2.24, 2.45) is 5.73 Å². The van der Waals surface area contributed by atoms with E-state index in [0.29, 0.717) is 29.2 Å². The Bertz CT molecular complexity index is 1050. The van der Waals surface area contributed by atoms with Crippen molar-refractivity contribution in [1.29, 1.82) is 0 Å². The van der Waals surface area contributed by atoms with Gasteiger partial charge in [0.1, 0.15) is 23.6 Å². The minimum Gasteiger partial charge on any atom is -0.371 e. The summed E-state index contributed by atoms with van der Waals surface area (Å²) in [5, 5.41) is 0.429. The number of nitrogens with two attached hydrogens (primary N) is 1. The van der Waals surface area contributed by atoms with E-state index in [-0.39, 0.29) is 0 Å². The van der Waals surface area contributed by atoms with Crippen molar-refractivity contribution in [2.45, 2.75) is 38.3 Å². The van der Waals surface area contributed by atoms with Gasteiger partial charge in [0, 0.05) is 76.4 Å². The largest absolute Gasteiger partial charge is 0.371 e. The zero-order chi connectivity index (χ0) is 24.4. The van der Waals surface area contributed by atoms with E-state index < -0.39 is 12.1 Å². The molecule has 1 amide bonds. The molecule has 5 heterocycles. The molecule has 0 unspecified atom stereocenters. The molecule has 3 fully saturated rings. The molecule has 3 saturated heterocycles. The second-order valence-corrected chi connectivity index (χ2v) is 10.0. The number of piperazine rings is 1. The van der Waals surface area contributed by atoms with Crippen LogP contribution in [0.1, 0.15) is 42.5 Å². The monoisotopic (exact) mass is 501 g/mol. The highest BCUT2D eigenvalue weighted by molar-refractivity contribution is 6.33. The van der Waals surface area contributed by atoms with Gasteiger partial charge in [0.05, 0.1) is 10.6 Å². The molecule has 10 heteroatoms. The molecule has 3 aliphatic heterocycles. The number of carbonyl (C=O) groups is 1. The number of anilines is 4. The molecule has 0 aromatic carbocycles. The second-order valence-electron chi connectivity index (χ2n) is 9.62. The third-order valence-electron chi connectivity index (χ3n) is 7.26. The van der Waals surface area contributed by atoms with Crippen molar-refractivity contribution >= 4 is 40.6 Å². The van der Waals surface area contributed by atoms with Gasteiger partial charge >= 0.3 is 0 Å². The summed E-state index contributed by atoms with van der Waals surface area (Å²) in [5.41, 5.74) is 6.78. The van der Waals surface area contributed by atoms with E-state index in [2.05, 4.69) is 36.7 Å². The molecule has 2 N–H and O–H groups in total. The smallest absolute Gasteiger partial charge is 0.250 e. The zero-order valence-electron chi connectivity index (χ0n) is 20.0. The van der Waals surface area contributed by atoms with Gasteiger partial charge in [-0.05, 0) is 38.2 Å². The SMILES string of the molecule is NC(=O)c1cnc(N2CCN(c3cc(N4CCC(F)CC4)cc(N4CCCCC4)n3)CC2)c(Cl)c1. The summed E-state index contributed by atoms with van der Waals surface area (Å²) in [6.07, 6.45) is 5.60. The molecule has 3 aliphatic rings. The Kier molecular flexibility index (Phi) is 7.13. The average molecular weight is 502 g/mol. The Hall–Kier alpha value is -2.81. The molecule has 0 saturated carbocycles. The number of rotatable bonds is 5. The number of halogens is 2. The van der Waals surface area contributed by atoms with Gasteiger partial charge in [-0.1, -0.05) is 11.6 Å². The van der Waals surface area contributed by atoms with Crippen molar-refractivity contribution in [3.05, 3.63) is 35.0 Å². The van der Waals surface area contributed by atoms with Gasteiger partial charge in [-0.25, -0.2) is 14.4 Å². The molecule has 0 aliphatic carbocycles. The van der Waals surface area contributed by atoms with Crippen LogP contribution < -0.4 is 25.3 Å². The lowest BCUT2D eigenvalue weighted by Crippen LogP contribution is -2.47. The third kappa shape index (κ3) is 5.39. The van der Waals surface area contributed by atoms with E-state index in [9.17, 15) is 9.18 Å². The van der Waals surface area contributed by atoms with Crippen LogP contribution in [0.15, 0.2) is 24.4 Å². The number of hydrogen-bond acceptors (Lipinski definition) is 7. The highest BCUT2D eigenvalue weighted by atomic mass is 35.5. The number of primary amides is 1. The predicted octanol–water partition coefficient (Wildman–Crippen LogP) is 3.48. The van der Waals surface area contributed by atoms with Crippen LogP contribution in [-0.4, -0.2) is 74.4 Å². The van der Waals surface area contributed by atoms with Crippen molar-refractivity contribution in [1.82, 2.24) is 9.97 Å². The van der Waals surface area contributed by atoms with Gasteiger partial charge in [-0.15, -0.1) is 0 Å². The number of alkyl halides is 1. The molecule has 0 atom stereocenters. The number of piperidine rings is 2. The molecular weight excluding hydrogens is 469 g/mol. The van der Waals surface area contributed by atoms with Crippen LogP contribution in [0.2, 0.25) is 5.02 Å². The van der Waals surface area contributed by atoms with E-state index in [1.165, 1.54) is 25.5 Å². The van der Waals surface area contributed by atoms with Gasteiger partial charge in [0.25, 0.3) is 0 Å². The van der Waals surface area contributed by atoms with Gasteiger partial charge < -0.3 is 25.3 Å². The van der Waals surface area contributed by atoms with Crippen molar-refractivity contribution in [2.75, 3.05) is 72.0 Å². The highest BCUT2D eigenvalue weighted by Crippen LogP contribution is 2.32. The molecule has 188 valence electrons. The first-order chi connectivity index (χ1) is 17.0. The first-order valence-corrected chi connectivity index (χ1v) is 13.0. The topological polar surface area (TPSA) is 81.8 Å². The maximum atomic E-state index is 13.8. The summed E-state index contributed by atoms with van der Waals surface area (Å²) in [7, 11) is 0. The molecule has 35 heavy (non-hydrogen) atoms. The van der Waals surface area contributed by atoms with Crippen LogP contribution in [0.4, 0.5) is 27.5 Å². The molecule has 2 aromatic rings. The van der Waals surface area contributed by atoms with Crippen LogP contribution in [0, 0.1) is 0 Å². The summed E-state index contributed by atoms with van der Waals surface area (Å²) in [6, 6.07) is 5.93. The van der Waals surface area contributed by atoms with Crippen molar-refractivity contribution in [3.8, 4) is 0 Å². The molecule has 8 nitrogen and oxygen atoms in total. The molecular formula is C25H33ClFN7O. The standard InChI is InChI=1S/C25H33ClFN7O/c26-21-14-18(24(28)35)17-29-25(21)34-12-10-33(11-13-34)23-16-20(31-8-4-19(27)5-9-31)15-22(30-23)32-6-2-1-3-7-32/h14-17,19H,1-13H2,(H2,28,35). The third-order valence-corrected chi connectivity index (χ3v) is 7.54. The van der Waals surface area contributed by atoms with E-state index in [1.807, 2.05) is 0 Å². The van der Waals surface area contributed by atoms with Crippen LogP contribution in [0.3, 0.4) is 0 Å². The molecule has 5 rings (SSSR count). The zero-order valence-corrected chi connectivity index (χ0v) is 20.8. The summed E-state index contributed by atoms with van der Waals surface area (Å²) < 4.78 is 13.8. The Morgan fingerprint density at radius 3 is 2.06 bits per heavy atom. The van der Waals surface area contributed by atoms with E-state index in [1.54, 1.807) is 6.07 Å². The lowest BCUT2D eigenvalue weighted by molar-refractivity contribution is 0.1000. The van der Waals surface area contributed by atoms with Crippen molar-refractivity contribution in [3.63, 3.8) is 0 Å². The Morgan fingerprint density at radius 1 is 0.857 bits per heavy atom. The van der Waals surface area contributed by atoms with E-state index >= 15 is 0 Å². The van der Waals surface area contributed by atoms with E-state index in [4.69, 9.17) is 22.3 Å². The first-order valence-electron chi connectivity index (χ1n) is 12.6. The second kappa shape index (κ2) is 10.4. The molecule has 0 radical (unpaired) electrons. The summed E-state index contributed by atoms with van der Waals surface area (Å²) in [4.78, 5) is 30.0. The number of amides is 1. The summed E-state index contributed by atoms with van der Waals surface area (Å²) in [6.45, 7) is 6.56. The van der Waals surface area contributed by atoms with Gasteiger partial charge in [-0.2, -0.15) is 0 Å². The van der Waals surface area contributed by atoms with Crippen LogP contribution in [0.25, 0.3) is 0 Å². The Labute approximate surface area is 210 Å². The molecule has 0 spiro atoms. The normalized spacial score (nSPS) is 19.8. The Morgan fingerprint density at radius 2 is 1.46 bits per heavy atom. The number of pyridine rings is 2. The van der Waals surface area contributed by atoms with Crippen LogP contribution in [0.5, 0.6) is 0 Å². The van der Waals surface area contributed by atoms with Gasteiger partial charge in [-0.3, -0.25) is 4.79 Å². The average Bonchev–Trinajstić information content (AvgIpc) is 2.89. The number of hydrogen-bond donors (Lipinski definition) is 1. The Balaban J connectivity index is 1.34. The number of aromatic nitrogens is 2.